The summed E-state index contributed by atoms with van der Waals surface area (Å²) in [6.45, 7) is 4.56. The first-order valence-electron chi connectivity index (χ1n) is 5.69. The minimum atomic E-state index is -0.300. The van der Waals surface area contributed by atoms with Gasteiger partial charge in [-0.15, -0.1) is 0 Å². The Labute approximate surface area is 114 Å². The van der Waals surface area contributed by atoms with Crippen LogP contribution in [0.25, 0.3) is 0 Å². The molecular formula is C13H14BrNO3. The Hall–Kier alpha value is -1.49. The SMILES string of the molecule is CCOC(=O)c1c(C)ccn1Cc1ccc(Br)o1. The third-order valence-electron chi connectivity index (χ3n) is 2.59. The van der Waals surface area contributed by atoms with Crippen molar-refractivity contribution in [2.45, 2.75) is 20.4 Å². The van der Waals surface area contributed by atoms with E-state index in [4.69, 9.17) is 9.15 Å². The molecule has 0 aliphatic carbocycles. The average Bonchev–Trinajstić information content (AvgIpc) is 2.87. The Balaban J connectivity index is 2.26. The van der Waals surface area contributed by atoms with Gasteiger partial charge in [-0.3, -0.25) is 0 Å². The Morgan fingerprint density at radius 1 is 1.44 bits per heavy atom. The summed E-state index contributed by atoms with van der Waals surface area (Å²) in [6.07, 6.45) is 1.86. The van der Waals surface area contributed by atoms with Crippen LogP contribution in [0, 0.1) is 6.92 Å². The number of furan rings is 1. The van der Waals surface area contributed by atoms with Crippen LogP contribution < -0.4 is 0 Å². The third-order valence-corrected chi connectivity index (χ3v) is 3.02. The van der Waals surface area contributed by atoms with E-state index in [2.05, 4.69) is 15.9 Å². The summed E-state index contributed by atoms with van der Waals surface area (Å²) < 4.78 is 13.0. The van der Waals surface area contributed by atoms with E-state index in [-0.39, 0.29) is 5.97 Å². The van der Waals surface area contributed by atoms with E-state index in [1.54, 1.807) is 6.92 Å². The number of carbonyl (C=O) groups excluding carboxylic acids is 1. The van der Waals surface area contributed by atoms with Gasteiger partial charge in [0.1, 0.15) is 11.5 Å². The normalized spacial score (nSPS) is 10.6. The standard InChI is InChI=1S/C13H14BrNO3/c1-3-17-13(16)12-9(2)6-7-15(12)8-10-4-5-11(14)18-10/h4-7H,3,8H2,1-2H3. The lowest BCUT2D eigenvalue weighted by Gasteiger charge is -2.08. The van der Waals surface area contributed by atoms with Crippen LogP contribution in [0.15, 0.2) is 33.5 Å². The quantitative estimate of drug-likeness (QED) is 0.813. The number of aromatic nitrogens is 1. The van der Waals surface area contributed by atoms with E-state index >= 15 is 0 Å². The zero-order valence-corrected chi connectivity index (χ0v) is 11.9. The maximum atomic E-state index is 11.9. The van der Waals surface area contributed by atoms with Gasteiger partial charge in [-0.2, -0.15) is 0 Å². The van der Waals surface area contributed by atoms with Crippen molar-refractivity contribution < 1.29 is 13.9 Å². The molecule has 0 saturated heterocycles. The van der Waals surface area contributed by atoms with Gasteiger partial charge in [0.15, 0.2) is 4.67 Å². The Morgan fingerprint density at radius 2 is 2.22 bits per heavy atom. The second-order valence-electron chi connectivity index (χ2n) is 3.90. The van der Waals surface area contributed by atoms with Crippen molar-refractivity contribution in [3.8, 4) is 0 Å². The largest absolute Gasteiger partial charge is 0.461 e. The summed E-state index contributed by atoms with van der Waals surface area (Å²) in [6, 6.07) is 5.59. The lowest BCUT2D eigenvalue weighted by Crippen LogP contribution is -2.13. The molecule has 0 radical (unpaired) electrons. The highest BCUT2D eigenvalue weighted by molar-refractivity contribution is 9.10. The molecule has 0 spiro atoms. The Bertz CT molecular complexity index is 556. The molecule has 2 rings (SSSR count). The van der Waals surface area contributed by atoms with Gasteiger partial charge in [-0.05, 0) is 53.5 Å². The summed E-state index contributed by atoms with van der Waals surface area (Å²) in [7, 11) is 0. The van der Waals surface area contributed by atoms with Crippen molar-refractivity contribution in [3.63, 3.8) is 0 Å². The number of halogens is 1. The molecule has 0 aromatic carbocycles. The maximum Gasteiger partial charge on any atom is 0.355 e. The first kappa shape index (κ1) is 13.0. The molecule has 0 atom stereocenters. The van der Waals surface area contributed by atoms with E-state index in [0.29, 0.717) is 23.5 Å². The van der Waals surface area contributed by atoms with Crippen molar-refractivity contribution >= 4 is 21.9 Å². The summed E-state index contributed by atoms with van der Waals surface area (Å²) in [5.41, 5.74) is 1.48. The summed E-state index contributed by atoms with van der Waals surface area (Å²) in [5, 5.41) is 0. The van der Waals surface area contributed by atoms with Crippen LogP contribution in [-0.4, -0.2) is 17.1 Å². The first-order valence-corrected chi connectivity index (χ1v) is 6.48. The van der Waals surface area contributed by atoms with E-state index in [9.17, 15) is 4.79 Å². The number of nitrogens with zero attached hydrogens (tertiary/aromatic N) is 1. The number of rotatable bonds is 4. The molecule has 18 heavy (non-hydrogen) atoms. The predicted molar refractivity (Wildman–Crippen MR) is 70.6 cm³/mol. The smallest absolute Gasteiger partial charge is 0.355 e. The van der Waals surface area contributed by atoms with Gasteiger partial charge in [-0.1, -0.05) is 0 Å². The van der Waals surface area contributed by atoms with Crippen molar-refractivity contribution in [3.05, 3.63) is 46.1 Å². The van der Waals surface area contributed by atoms with Gasteiger partial charge in [0.05, 0.1) is 13.2 Å². The minimum absolute atomic E-state index is 0.300. The van der Waals surface area contributed by atoms with Crippen LogP contribution in [-0.2, 0) is 11.3 Å². The minimum Gasteiger partial charge on any atom is -0.461 e. The second-order valence-corrected chi connectivity index (χ2v) is 4.68. The fourth-order valence-corrected chi connectivity index (χ4v) is 2.14. The predicted octanol–water partition coefficient (Wildman–Crippen LogP) is 3.38. The third kappa shape index (κ3) is 2.67. The molecule has 0 aliphatic heterocycles. The molecule has 0 amide bonds. The van der Waals surface area contributed by atoms with Gasteiger partial charge < -0.3 is 13.7 Å². The number of hydrogen-bond donors (Lipinski definition) is 0. The highest BCUT2D eigenvalue weighted by Gasteiger charge is 2.16. The second kappa shape index (κ2) is 5.44. The molecule has 0 bridgehead atoms. The van der Waals surface area contributed by atoms with Gasteiger partial charge in [0.2, 0.25) is 0 Å². The highest BCUT2D eigenvalue weighted by atomic mass is 79.9. The number of ether oxygens (including phenoxy) is 1. The van der Waals surface area contributed by atoms with Gasteiger partial charge in [-0.25, -0.2) is 4.79 Å². The molecule has 0 saturated carbocycles. The molecule has 0 fully saturated rings. The molecule has 2 aromatic heterocycles. The highest BCUT2D eigenvalue weighted by Crippen LogP contribution is 2.18. The molecular weight excluding hydrogens is 298 g/mol. The molecule has 96 valence electrons. The topological polar surface area (TPSA) is 44.4 Å². The van der Waals surface area contributed by atoms with Crippen LogP contribution >= 0.6 is 15.9 Å². The van der Waals surface area contributed by atoms with Crippen LogP contribution in [0.4, 0.5) is 0 Å². The molecule has 4 nitrogen and oxygen atoms in total. The maximum absolute atomic E-state index is 11.9. The zero-order valence-electron chi connectivity index (χ0n) is 10.3. The van der Waals surface area contributed by atoms with Crippen LogP contribution in [0.3, 0.4) is 0 Å². The van der Waals surface area contributed by atoms with Crippen molar-refractivity contribution in [1.29, 1.82) is 0 Å². The van der Waals surface area contributed by atoms with Crippen LogP contribution in [0.1, 0.15) is 28.7 Å². The van der Waals surface area contributed by atoms with Gasteiger partial charge in [0, 0.05) is 6.20 Å². The number of carbonyl (C=O) groups is 1. The zero-order chi connectivity index (χ0) is 13.1. The van der Waals surface area contributed by atoms with Crippen LogP contribution in [0.2, 0.25) is 0 Å². The van der Waals surface area contributed by atoms with Crippen molar-refractivity contribution in [1.82, 2.24) is 4.57 Å². The molecule has 0 unspecified atom stereocenters. The lowest BCUT2D eigenvalue weighted by atomic mass is 10.2. The monoisotopic (exact) mass is 311 g/mol. The molecule has 2 aromatic rings. The van der Waals surface area contributed by atoms with E-state index in [1.165, 1.54) is 0 Å². The van der Waals surface area contributed by atoms with E-state index in [0.717, 1.165) is 11.3 Å². The Kier molecular flexibility index (Phi) is 3.91. The molecule has 2 heterocycles. The summed E-state index contributed by atoms with van der Waals surface area (Å²) in [4.78, 5) is 11.9. The average molecular weight is 312 g/mol. The summed E-state index contributed by atoms with van der Waals surface area (Å²) in [5.74, 6) is 0.480. The van der Waals surface area contributed by atoms with Gasteiger partial charge in [0.25, 0.3) is 0 Å². The van der Waals surface area contributed by atoms with E-state index < -0.39 is 0 Å². The van der Waals surface area contributed by atoms with Crippen molar-refractivity contribution in [2.24, 2.45) is 0 Å². The molecule has 0 N–H and O–H groups in total. The molecule has 0 aliphatic rings. The first-order chi connectivity index (χ1) is 8.61. The number of hydrogen-bond acceptors (Lipinski definition) is 3. The fourth-order valence-electron chi connectivity index (χ4n) is 1.80. The fraction of sp³-hybridized carbons (Fsp3) is 0.308. The van der Waals surface area contributed by atoms with E-state index in [1.807, 2.05) is 35.9 Å². The van der Waals surface area contributed by atoms with Gasteiger partial charge >= 0.3 is 5.97 Å². The van der Waals surface area contributed by atoms with Crippen molar-refractivity contribution in [2.75, 3.05) is 6.61 Å². The lowest BCUT2D eigenvalue weighted by molar-refractivity contribution is 0.0513. The number of esters is 1. The summed E-state index contributed by atoms with van der Waals surface area (Å²) >= 11 is 3.26. The van der Waals surface area contributed by atoms with Crippen LogP contribution in [0.5, 0.6) is 0 Å². The Morgan fingerprint density at radius 3 is 2.83 bits per heavy atom. The number of aryl methyl sites for hydroxylation is 1. The molecule has 5 heteroatoms.